The van der Waals surface area contributed by atoms with E-state index in [2.05, 4.69) is 36.8 Å². The van der Waals surface area contributed by atoms with Gasteiger partial charge in [0.15, 0.2) is 0 Å². The molecular formula is C16H14O. The molecule has 2 radical (unpaired) electrons. The quantitative estimate of drug-likeness (QED) is 0.782. The molecule has 1 heteroatoms. The Morgan fingerprint density at radius 3 is 2.82 bits per heavy atom. The van der Waals surface area contributed by atoms with Gasteiger partial charge in [0.1, 0.15) is 5.75 Å². The molecule has 1 N–H and O–H groups in total. The van der Waals surface area contributed by atoms with Gasteiger partial charge in [0.25, 0.3) is 0 Å². The second-order valence-corrected chi connectivity index (χ2v) is 4.43. The number of fused-ring (bicyclic) bond motifs is 1. The van der Waals surface area contributed by atoms with Crippen molar-refractivity contribution in [2.24, 2.45) is 0 Å². The van der Waals surface area contributed by atoms with Crippen molar-refractivity contribution in [2.45, 2.75) is 18.8 Å². The molecule has 0 spiro atoms. The Morgan fingerprint density at radius 1 is 1.06 bits per heavy atom. The second kappa shape index (κ2) is 4.25. The summed E-state index contributed by atoms with van der Waals surface area (Å²) in [6, 6.07) is 16.0. The van der Waals surface area contributed by atoms with Crippen LogP contribution in [-0.2, 0) is 6.42 Å². The highest BCUT2D eigenvalue weighted by atomic mass is 16.3. The Labute approximate surface area is 102 Å². The van der Waals surface area contributed by atoms with Crippen LogP contribution in [0.4, 0.5) is 0 Å². The fraction of sp³-hybridized carbons (Fsp3) is 0.188. The molecule has 0 fully saturated rings. The van der Waals surface area contributed by atoms with Crippen LogP contribution in [0.15, 0.2) is 48.5 Å². The van der Waals surface area contributed by atoms with Crippen molar-refractivity contribution in [3.63, 3.8) is 0 Å². The maximum Gasteiger partial charge on any atom is 0.115 e. The third kappa shape index (κ3) is 1.93. The minimum absolute atomic E-state index is 0.201. The first-order valence-corrected chi connectivity index (χ1v) is 5.95. The lowest BCUT2D eigenvalue weighted by molar-refractivity contribution is 0.474. The van der Waals surface area contributed by atoms with Gasteiger partial charge in [-0.25, -0.2) is 0 Å². The molecule has 1 aliphatic rings. The molecule has 3 rings (SSSR count). The molecule has 1 nitrogen and oxygen atoms in total. The van der Waals surface area contributed by atoms with E-state index in [1.54, 1.807) is 6.07 Å². The van der Waals surface area contributed by atoms with Crippen molar-refractivity contribution in [1.82, 2.24) is 0 Å². The van der Waals surface area contributed by atoms with Crippen molar-refractivity contribution >= 4 is 0 Å². The summed E-state index contributed by atoms with van der Waals surface area (Å²) in [5.74, 6) is 0.527. The number of hydrogen-bond acceptors (Lipinski definition) is 1. The van der Waals surface area contributed by atoms with E-state index < -0.39 is 0 Å². The SMILES string of the molecule is Oc1cccc(C2[C]CCc3ccccc32)c1. The van der Waals surface area contributed by atoms with Crippen LogP contribution in [0.1, 0.15) is 29.0 Å². The van der Waals surface area contributed by atoms with Crippen LogP contribution in [0.2, 0.25) is 0 Å². The lowest BCUT2D eigenvalue weighted by atomic mass is 9.79. The van der Waals surface area contributed by atoms with Crippen LogP contribution < -0.4 is 0 Å². The molecule has 1 aliphatic carbocycles. The Kier molecular flexibility index (Phi) is 2.60. The molecule has 0 amide bonds. The molecule has 0 bridgehead atoms. The van der Waals surface area contributed by atoms with Crippen molar-refractivity contribution in [1.29, 1.82) is 0 Å². The van der Waals surface area contributed by atoms with Crippen molar-refractivity contribution in [2.75, 3.05) is 0 Å². The van der Waals surface area contributed by atoms with Gasteiger partial charge in [0.2, 0.25) is 0 Å². The van der Waals surface area contributed by atoms with Crippen LogP contribution in [0.25, 0.3) is 0 Å². The van der Waals surface area contributed by atoms with Crippen LogP contribution in [0.5, 0.6) is 5.75 Å². The molecule has 84 valence electrons. The third-order valence-electron chi connectivity index (χ3n) is 3.31. The van der Waals surface area contributed by atoms with Gasteiger partial charge < -0.3 is 5.11 Å². The molecule has 2 aromatic carbocycles. The van der Waals surface area contributed by atoms with E-state index in [1.807, 2.05) is 12.1 Å². The van der Waals surface area contributed by atoms with Gasteiger partial charge in [-0.2, -0.15) is 0 Å². The average molecular weight is 222 g/mol. The van der Waals surface area contributed by atoms with Crippen LogP contribution >= 0.6 is 0 Å². The van der Waals surface area contributed by atoms with E-state index in [-0.39, 0.29) is 5.92 Å². The number of hydrogen-bond donors (Lipinski definition) is 1. The summed E-state index contributed by atoms with van der Waals surface area (Å²) < 4.78 is 0. The van der Waals surface area contributed by atoms with E-state index >= 15 is 0 Å². The minimum Gasteiger partial charge on any atom is -0.508 e. The van der Waals surface area contributed by atoms with Crippen molar-refractivity contribution in [3.05, 3.63) is 71.6 Å². The molecule has 1 unspecified atom stereocenters. The van der Waals surface area contributed by atoms with Gasteiger partial charge in [0, 0.05) is 5.92 Å². The summed E-state index contributed by atoms with van der Waals surface area (Å²) in [5, 5.41) is 9.56. The van der Waals surface area contributed by atoms with Crippen molar-refractivity contribution in [3.8, 4) is 5.75 Å². The third-order valence-corrected chi connectivity index (χ3v) is 3.31. The molecule has 17 heavy (non-hydrogen) atoms. The maximum absolute atomic E-state index is 9.56. The number of benzene rings is 2. The van der Waals surface area contributed by atoms with E-state index in [9.17, 15) is 5.11 Å². The first kappa shape index (κ1) is 10.4. The molecule has 0 aromatic heterocycles. The Morgan fingerprint density at radius 2 is 1.94 bits per heavy atom. The highest BCUT2D eigenvalue weighted by Crippen LogP contribution is 2.36. The van der Waals surface area contributed by atoms with Gasteiger partial charge in [0.05, 0.1) is 0 Å². The average Bonchev–Trinajstić information content (AvgIpc) is 2.38. The largest absolute Gasteiger partial charge is 0.508 e. The lowest BCUT2D eigenvalue weighted by Gasteiger charge is -2.25. The molecular weight excluding hydrogens is 208 g/mol. The number of phenols is 1. The van der Waals surface area contributed by atoms with Gasteiger partial charge in [-0.05, 0) is 48.1 Å². The molecule has 0 saturated heterocycles. The van der Waals surface area contributed by atoms with Crippen LogP contribution in [0, 0.1) is 6.42 Å². The first-order valence-electron chi connectivity index (χ1n) is 5.95. The Bertz CT molecular complexity index is 531. The number of aromatic hydroxyl groups is 1. The fourth-order valence-corrected chi connectivity index (χ4v) is 2.51. The zero-order valence-electron chi connectivity index (χ0n) is 9.56. The second-order valence-electron chi connectivity index (χ2n) is 4.43. The smallest absolute Gasteiger partial charge is 0.115 e. The van der Waals surface area contributed by atoms with E-state index in [0.717, 1.165) is 18.4 Å². The summed E-state index contributed by atoms with van der Waals surface area (Å²) in [6.45, 7) is 0. The predicted molar refractivity (Wildman–Crippen MR) is 68.0 cm³/mol. The van der Waals surface area contributed by atoms with Crippen LogP contribution in [-0.4, -0.2) is 5.11 Å². The predicted octanol–water partition coefficient (Wildman–Crippen LogP) is 3.55. The maximum atomic E-state index is 9.56. The van der Waals surface area contributed by atoms with E-state index in [1.165, 1.54) is 11.1 Å². The number of phenolic OH excluding ortho intramolecular Hbond substituents is 1. The molecule has 1 atom stereocenters. The summed E-state index contributed by atoms with van der Waals surface area (Å²) >= 11 is 0. The van der Waals surface area contributed by atoms with Crippen molar-refractivity contribution < 1.29 is 5.11 Å². The Hall–Kier alpha value is -1.76. The van der Waals surface area contributed by atoms with Gasteiger partial charge in [-0.15, -0.1) is 0 Å². The summed E-state index contributed by atoms with van der Waals surface area (Å²) in [6.07, 6.45) is 5.57. The molecule has 0 saturated carbocycles. The van der Waals surface area contributed by atoms with Gasteiger partial charge in [-0.1, -0.05) is 36.4 Å². The summed E-state index contributed by atoms with van der Waals surface area (Å²) in [5.41, 5.74) is 3.85. The number of rotatable bonds is 1. The fourth-order valence-electron chi connectivity index (χ4n) is 2.51. The normalized spacial score (nSPS) is 18.7. The topological polar surface area (TPSA) is 20.2 Å². The standard InChI is InChI=1S/C16H14O/c17-14-8-3-7-13(11-14)16-10-4-6-12-5-1-2-9-15(12)16/h1-3,5,7-9,11,16-17H,4,6H2. The van der Waals surface area contributed by atoms with Crippen LogP contribution in [0.3, 0.4) is 0 Å². The first-order chi connectivity index (χ1) is 8.34. The van der Waals surface area contributed by atoms with Gasteiger partial charge in [-0.3, -0.25) is 0 Å². The Balaban J connectivity index is 2.06. The van der Waals surface area contributed by atoms with E-state index in [0.29, 0.717) is 5.75 Å². The molecule has 2 aromatic rings. The summed E-state index contributed by atoms with van der Waals surface area (Å²) in [4.78, 5) is 0. The highest BCUT2D eigenvalue weighted by Gasteiger charge is 2.21. The molecule has 0 aliphatic heterocycles. The monoisotopic (exact) mass is 222 g/mol. The minimum atomic E-state index is 0.201. The zero-order chi connectivity index (χ0) is 11.7. The number of aryl methyl sites for hydroxylation is 1. The van der Waals surface area contributed by atoms with E-state index in [4.69, 9.17) is 0 Å². The zero-order valence-corrected chi connectivity index (χ0v) is 9.56. The lowest BCUT2D eigenvalue weighted by Crippen LogP contribution is -2.11. The molecule has 0 heterocycles. The highest BCUT2D eigenvalue weighted by molar-refractivity contribution is 5.44. The van der Waals surface area contributed by atoms with Gasteiger partial charge >= 0.3 is 0 Å². The summed E-state index contributed by atoms with van der Waals surface area (Å²) in [7, 11) is 0.